The lowest BCUT2D eigenvalue weighted by Gasteiger charge is -2.25. The van der Waals surface area contributed by atoms with Crippen molar-refractivity contribution in [3.05, 3.63) is 59.7 Å². The lowest BCUT2D eigenvalue weighted by molar-refractivity contribution is -0.124. The molecule has 2 aromatic carbocycles. The van der Waals surface area contributed by atoms with Crippen molar-refractivity contribution < 1.29 is 19.1 Å². The maximum atomic E-state index is 13.2. The fourth-order valence-electron chi connectivity index (χ4n) is 5.16. The number of carbonyl (C=O) groups is 2. The summed E-state index contributed by atoms with van der Waals surface area (Å²) in [4.78, 5) is 29.9. The van der Waals surface area contributed by atoms with Gasteiger partial charge in [0, 0.05) is 31.7 Å². The van der Waals surface area contributed by atoms with Gasteiger partial charge in [-0.15, -0.1) is 0 Å². The molecular weight excluding hydrogens is 456 g/mol. The molecule has 4 bridgehead atoms. The first-order chi connectivity index (χ1) is 17.6. The molecule has 4 aliphatic rings. The molecule has 0 spiro atoms. The lowest BCUT2D eigenvalue weighted by atomic mass is 10.1. The molecule has 8 heteroatoms. The predicted molar refractivity (Wildman–Crippen MR) is 135 cm³/mol. The summed E-state index contributed by atoms with van der Waals surface area (Å²) in [5.41, 5.74) is 2.14. The molecule has 2 aliphatic carbocycles. The molecule has 3 fully saturated rings. The number of fused-ring (bicyclic) bond motifs is 5. The lowest BCUT2D eigenvalue weighted by Crippen LogP contribution is -2.48. The van der Waals surface area contributed by atoms with Gasteiger partial charge in [0.15, 0.2) is 0 Å². The fraction of sp³-hybridized carbons (Fsp3) is 0.500. The van der Waals surface area contributed by atoms with Gasteiger partial charge in [-0.3, -0.25) is 19.4 Å². The van der Waals surface area contributed by atoms with E-state index < -0.39 is 0 Å². The number of benzene rings is 2. The van der Waals surface area contributed by atoms with E-state index in [1.165, 1.54) is 0 Å². The van der Waals surface area contributed by atoms with E-state index in [9.17, 15) is 9.59 Å². The Balaban J connectivity index is 1.22. The van der Waals surface area contributed by atoms with Crippen molar-refractivity contribution in [2.24, 2.45) is 0 Å². The molecule has 2 saturated carbocycles. The minimum absolute atomic E-state index is 0.00581. The predicted octanol–water partition coefficient (Wildman–Crippen LogP) is 2.42. The fourth-order valence-corrected chi connectivity index (χ4v) is 5.16. The van der Waals surface area contributed by atoms with E-state index in [0.29, 0.717) is 51.4 Å². The van der Waals surface area contributed by atoms with Gasteiger partial charge >= 0.3 is 0 Å². The van der Waals surface area contributed by atoms with Crippen LogP contribution in [0.25, 0.3) is 0 Å². The summed E-state index contributed by atoms with van der Waals surface area (Å²) in [6.07, 6.45) is 4.19. The van der Waals surface area contributed by atoms with E-state index in [2.05, 4.69) is 32.6 Å². The van der Waals surface area contributed by atoms with Crippen LogP contribution in [0.2, 0.25) is 0 Å². The molecule has 1 saturated heterocycles. The van der Waals surface area contributed by atoms with Crippen LogP contribution in [-0.4, -0.2) is 72.0 Å². The first-order valence-corrected chi connectivity index (χ1v) is 13.1. The summed E-state index contributed by atoms with van der Waals surface area (Å²) < 4.78 is 12.5. The first-order valence-electron chi connectivity index (χ1n) is 13.1. The second-order valence-electron chi connectivity index (χ2n) is 10.6. The largest absolute Gasteiger partial charge is 0.457 e. The smallest absolute Gasteiger partial charge is 0.234 e. The standard InChI is InChI=1S/C28H34N4O4/c33-27(29-21-7-8-21)16-31-14-25-26(15-31)35-18-20-4-2-6-24(12-20)36-23-5-1-3-19(11-23)13-32(22-9-10-22)17-28(34)30-25/h1-6,11-12,21-22,25-26H,7-10,13-18H2,(H,29,33)(H,30,34)/t25-,26-/m0/s1. The van der Waals surface area contributed by atoms with Crippen LogP contribution < -0.4 is 15.4 Å². The van der Waals surface area contributed by atoms with E-state index in [1.54, 1.807) is 0 Å². The van der Waals surface area contributed by atoms with Crippen molar-refractivity contribution >= 4 is 11.8 Å². The Morgan fingerprint density at radius 2 is 1.72 bits per heavy atom. The van der Waals surface area contributed by atoms with Gasteiger partial charge in [-0.05, 0) is 61.1 Å². The summed E-state index contributed by atoms with van der Waals surface area (Å²) in [6, 6.07) is 16.7. The Morgan fingerprint density at radius 1 is 0.972 bits per heavy atom. The molecule has 190 valence electrons. The minimum atomic E-state index is -0.192. The molecular formula is C28H34N4O4. The maximum Gasteiger partial charge on any atom is 0.234 e. The molecule has 2 N–H and O–H groups in total. The third-order valence-electron chi connectivity index (χ3n) is 7.29. The highest BCUT2D eigenvalue weighted by Gasteiger charge is 2.37. The Labute approximate surface area is 211 Å². The highest BCUT2D eigenvalue weighted by Crippen LogP contribution is 2.30. The molecule has 0 radical (unpaired) electrons. The summed E-state index contributed by atoms with van der Waals surface area (Å²) in [5, 5.41) is 6.30. The molecule has 2 heterocycles. The number of carbonyl (C=O) groups excluding carboxylic acids is 2. The van der Waals surface area contributed by atoms with E-state index in [0.717, 1.165) is 48.3 Å². The quantitative estimate of drug-likeness (QED) is 0.685. The maximum absolute atomic E-state index is 13.2. The van der Waals surface area contributed by atoms with Crippen LogP contribution in [-0.2, 0) is 27.5 Å². The number of hydrogen-bond acceptors (Lipinski definition) is 6. The molecule has 0 unspecified atom stereocenters. The molecule has 8 nitrogen and oxygen atoms in total. The molecule has 36 heavy (non-hydrogen) atoms. The second-order valence-corrected chi connectivity index (χ2v) is 10.6. The van der Waals surface area contributed by atoms with E-state index in [-0.39, 0.29) is 24.0 Å². The topological polar surface area (TPSA) is 83.1 Å². The third-order valence-corrected chi connectivity index (χ3v) is 7.29. The van der Waals surface area contributed by atoms with Crippen LogP contribution in [0.5, 0.6) is 11.5 Å². The van der Waals surface area contributed by atoms with Crippen molar-refractivity contribution in [3.63, 3.8) is 0 Å². The summed E-state index contributed by atoms with van der Waals surface area (Å²) >= 11 is 0. The average Bonchev–Trinajstić information content (AvgIpc) is 3.77. The van der Waals surface area contributed by atoms with E-state index >= 15 is 0 Å². The summed E-state index contributed by atoms with van der Waals surface area (Å²) in [7, 11) is 0. The molecule has 0 aromatic heterocycles. The minimum Gasteiger partial charge on any atom is -0.457 e. The van der Waals surface area contributed by atoms with Gasteiger partial charge in [0.25, 0.3) is 0 Å². The summed E-state index contributed by atoms with van der Waals surface area (Å²) in [5.74, 6) is 1.61. The molecule has 6 rings (SSSR count). The molecule has 2 atom stereocenters. The van der Waals surface area contributed by atoms with Crippen LogP contribution in [0, 0.1) is 0 Å². The van der Waals surface area contributed by atoms with Crippen LogP contribution in [0.1, 0.15) is 36.8 Å². The number of nitrogens with zero attached hydrogens (tertiary/aromatic N) is 2. The highest BCUT2D eigenvalue weighted by molar-refractivity contribution is 5.79. The van der Waals surface area contributed by atoms with Crippen molar-refractivity contribution in [1.29, 1.82) is 0 Å². The Bertz CT molecular complexity index is 1120. The van der Waals surface area contributed by atoms with Crippen LogP contribution in [0.3, 0.4) is 0 Å². The number of amides is 2. The molecule has 2 aromatic rings. The number of hydrogen-bond donors (Lipinski definition) is 2. The van der Waals surface area contributed by atoms with E-state index in [1.807, 2.05) is 36.4 Å². The van der Waals surface area contributed by atoms with Crippen LogP contribution in [0.15, 0.2) is 48.5 Å². The molecule has 2 aliphatic heterocycles. The first kappa shape index (κ1) is 23.5. The second kappa shape index (κ2) is 10.2. The van der Waals surface area contributed by atoms with Gasteiger partial charge in [0.2, 0.25) is 11.8 Å². The van der Waals surface area contributed by atoms with Crippen molar-refractivity contribution in [2.45, 2.75) is 63.1 Å². The normalized spacial score (nSPS) is 25.5. The zero-order valence-electron chi connectivity index (χ0n) is 20.5. The SMILES string of the molecule is O=C(CN1C[C@@H]2NC(=O)CN(C3CC3)Cc3cccc(c3)Oc3cccc(c3)CO[C@H]2C1)NC1CC1. The van der Waals surface area contributed by atoms with Gasteiger partial charge in [0.1, 0.15) is 11.5 Å². The Hall–Kier alpha value is -2.94. The van der Waals surface area contributed by atoms with E-state index in [4.69, 9.17) is 9.47 Å². The highest BCUT2D eigenvalue weighted by atomic mass is 16.5. The van der Waals surface area contributed by atoms with Crippen molar-refractivity contribution in [2.75, 3.05) is 26.2 Å². The summed E-state index contributed by atoms with van der Waals surface area (Å²) in [6.45, 7) is 2.99. The molecule has 2 amide bonds. The number of likely N-dealkylation sites (tertiary alicyclic amines) is 1. The van der Waals surface area contributed by atoms with Crippen molar-refractivity contribution in [3.8, 4) is 11.5 Å². The Kier molecular flexibility index (Phi) is 6.65. The van der Waals surface area contributed by atoms with Gasteiger partial charge in [-0.2, -0.15) is 0 Å². The van der Waals surface area contributed by atoms with Crippen LogP contribution in [0.4, 0.5) is 0 Å². The van der Waals surface area contributed by atoms with Crippen molar-refractivity contribution in [1.82, 2.24) is 20.4 Å². The van der Waals surface area contributed by atoms with Gasteiger partial charge in [-0.1, -0.05) is 24.3 Å². The van der Waals surface area contributed by atoms with Gasteiger partial charge in [-0.25, -0.2) is 0 Å². The zero-order valence-corrected chi connectivity index (χ0v) is 20.5. The number of nitrogens with one attached hydrogen (secondary N) is 2. The number of ether oxygens (including phenoxy) is 2. The third kappa shape index (κ3) is 6.06. The average molecular weight is 491 g/mol. The zero-order chi connectivity index (χ0) is 24.5. The van der Waals surface area contributed by atoms with Gasteiger partial charge < -0.3 is 20.1 Å². The Morgan fingerprint density at radius 3 is 2.47 bits per heavy atom. The monoisotopic (exact) mass is 490 g/mol. The van der Waals surface area contributed by atoms with Gasteiger partial charge in [0.05, 0.1) is 31.8 Å². The van der Waals surface area contributed by atoms with Crippen LogP contribution >= 0.6 is 0 Å². The number of rotatable bonds is 4.